The van der Waals surface area contributed by atoms with Crippen molar-refractivity contribution in [3.05, 3.63) is 59.7 Å². The number of nitrogen functional groups attached to an aromatic ring is 1. The summed E-state index contributed by atoms with van der Waals surface area (Å²) in [6, 6.07) is 11.0. The van der Waals surface area contributed by atoms with E-state index < -0.39 is 11.6 Å². The number of nitrogens with two attached hydrogens (primary N) is 1. The maximum atomic E-state index is 13.4. The zero-order valence-electron chi connectivity index (χ0n) is 11.3. The fourth-order valence-electron chi connectivity index (χ4n) is 2.28. The molecule has 0 bridgehead atoms. The average molecular weight is 285 g/mol. The van der Waals surface area contributed by atoms with Gasteiger partial charge in [-0.3, -0.25) is 5.10 Å². The van der Waals surface area contributed by atoms with Gasteiger partial charge in [0.05, 0.1) is 11.3 Å². The van der Waals surface area contributed by atoms with Crippen LogP contribution in [0.2, 0.25) is 0 Å². The predicted molar refractivity (Wildman–Crippen MR) is 78.5 cm³/mol. The summed E-state index contributed by atoms with van der Waals surface area (Å²) in [6.45, 7) is 1.98. The quantitative estimate of drug-likeness (QED) is 0.750. The topological polar surface area (TPSA) is 54.7 Å². The molecule has 0 aliphatic carbocycles. The van der Waals surface area contributed by atoms with Gasteiger partial charge in [0.1, 0.15) is 11.6 Å². The molecule has 0 aliphatic rings. The van der Waals surface area contributed by atoms with Crippen LogP contribution in [0, 0.1) is 18.6 Å². The molecule has 106 valence electrons. The first kappa shape index (κ1) is 13.3. The van der Waals surface area contributed by atoms with Gasteiger partial charge >= 0.3 is 0 Å². The highest BCUT2D eigenvalue weighted by molar-refractivity contribution is 5.87. The largest absolute Gasteiger partial charge is 0.382 e. The van der Waals surface area contributed by atoms with Crippen molar-refractivity contribution >= 4 is 5.82 Å². The van der Waals surface area contributed by atoms with E-state index in [0.29, 0.717) is 16.8 Å². The van der Waals surface area contributed by atoms with Crippen LogP contribution in [0.15, 0.2) is 42.5 Å². The zero-order chi connectivity index (χ0) is 15.0. The Labute approximate surface area is 120 Å². The summed E-state index contributed by atoms with van der Waals surface area (Å²) in [7, 11) is 0. The number of hydrogen-bond acceptors (Lipinski definition) is 2. The third-order valence-corrected chi connectivity index (χ3v) is 3.29. The smallest absolute Gasteiger partial charge is 0.153 e. The molecule has 1 aromatic heterocycles. The number of nitrogens with one attached hydrogen (secondary N) is 1. The lowest BCUT2D eigenvalue weighted by molar-refractivity contribution is 0.584. The number of nitrogens with zero attached hydrogens (tertiary/aromatic N) is 1. The molecule has 1 heterocycles. The van der Waals surface area contributed by atoms with Crippen molar-refractivity contribution in [3.8, 4) is 22.4 Å². The van der Waals surface area contributed by atoms with Crippen molar-refractivity contribution in [2.75, 3.05) is 5.73 Å². The second kappa shape index (κ2) is 5.01. The van der Waals surface area contributed by atoms with Crippen molar-refractivity contribution in [3.63, 3.8) is 0 Å². The number of hydrogen-bond donors (Lipinski definition) is 2. The number of anilines is 1. The highest BCUT2D eigenvalue weighted by Gasteiger charge is 2.16. The average Bonchev–Trinajstić information content (AvgIpc) is 2.80. The monoisotopic (exact) mass is 285 g/mol. The van der Waals surface area contributed by atoms with Crippen molar-refractivity contribution in [2.45, 2.75) is 6.92 Å². The van der Waals surface area contributed by atoms with E-state index in [9.17, 15) is 8.78 Å². The van der Waals surface area contributed by atoms with Crippen LogP contribution in [-0.4, -0.2) is 10.2 Å². The molecule has 0 atom stereocenters. The van der Waals surface area contributed by atoms with Crippen LogP contribution in [-0.2, 0) is 0 Å². The fraction of sp³-hybridized carbons (Fsp3) is 0.0625. The van der Waals surface area contributed by atoms with Crippen LogP contribution in [0.5, 0.6) is 0 Å². The highest BCUT2D eigenvalue weighted by Crippen LogP contribution is 2.35. The highest BCUT2D eigenvalue weighted by atomic mass is 19.1. The lowest BCUT2D eigenvalue weighted by Gasteiger charge is -2.06. The summed E-state index contributed by atoms with van der Waals surface area (Å²) in [4.78, 5) is 0. The summed E-state index contributed by atoms with van der Waals surface area (Å²) in [6.07, 6.45) is 0. The third-order valence-electron chi connectivity index (χ3n) is 3.29. The first-order valence-corrected chi connectivity index (χ1v) is 6.42. The fourth-order valence-corrected chi connectivity index (χ4v) is 2.28. The molecule has 0 unspecified atom stereocenters. The Morgan fingerprint density at radius 1 is 0.952 bits per heavy atom. The maximum Gasteiger partial charge on any atom is 0.153 e. The number of benzene rings is 2. The molecule has 3 N–H and O–H groups in total. The molecule has 0 amide bonds. The molecule has 0 aliphatic heterocycles. The zero-order valence-corrected chi connectivity index (χ0v) is 11.3. The molecular formula is C16H13F2N3. The maximum absolute atomic E-state index is 13.4. The SMILES string of the molecule is Cc1ccc(-c2[nH]nc(N)c2-c2cc(F)cc(F)c2)cc1. The van der Waals surface area contributed by atoms with E-state index in [4.69, 9.17) is 5.73 Å². The van der Waals surface area contributed by atoms with Gasteiger partial charge in [0.15, 0.2) is 5.82 Å². The van der Waals surface area contributed by atoms with Gasteiger partial charge in [0.2, 0.25) is 0 Å². The van der Waals surface area contributed by atoms with Gasteiger partial charge in [-0.25, -0.2) is 8.78 Å². The molecule has 3 aromatic rings. The van der Waals surface area contributed by atoms with Crippen LogP contribution in [0.3, 0.4) is 0 Å². The first-order valence-electron chi connectivity index (χ1n) is 6.42. The molecule has 21 heavy (non-hydrogen) atoms. The molecule has 5 heteroatoms. The minimum Gasteiger partial charge on any atom is -0.382 e. The Hall–Kier alpha value is -2.69. The molecule has 3 nitrogen and oxygen atoms in total. The van der Waals surface area contributed by atoms with Gasteiger partial charge in [-0.05, 0) is 24.6 Å². The lowest BCUT2D eigenvalue weighted by atomic mass is 10.00. The van der Waals surface area contributed by atoms with Gasteiger partial charge < -0.3 is 5.73 Å². The van der Waals surface area contributed by atoms with E-state index in [0.717, 1.165) is 17.2 Å². The number of halogens is 2. The summed E-state index contributed by atoms with van der Waals surface area (Å²) < 4.78 is 26.9. The third kappa shape index (κ3) is 2.50. The lowest BCUT2D eigenvalue weighted by Crippen LogP contribution is -1.91. The molecular weight excluding hydrogens is 272 g/mol. The molecule has 0 spiro atoms. The predicted octanol–water partition coefficient (Wildman–Crippen LogP) is 3.91. The minimum atomic E-state index is -0.652. The molecule has 0 saturated heterocycles. The number of aryl methyl sites for hydroxylation is 1. The van der Waals surface area contributed by atoms with Crippen molar-refractivity contribution in [2.24, 2.45) is 0 Å². The number of aromatic nitrogens is 2. The molecule has 3 rings (SSSR count). The molecule has 0 saturated carbocycles. The van der Waals surface area contributed by atoms with Gasteiger partial charge in [-0.15, -0.1) is 0 Å². The summed E-state index contributed by atoms with van der Waals surface area (Å²) in [5.41, 5.74) is 9.31. The van der Waals surface area contributed by atoms with Gasteiger partial charge in [0.25, 0.3) is 0 Å². The van der Waals surface area contributed by atoms with E-state index in [-0.39, 0.29) is 5.82 Å². The van der Waals surface area contributed by atoms with Crippen molar-refractivity contribution in [1.29, 1.82) is 0 Å². The Kier molecular flexibility index (Phi) is 3.17. The van der Waals surface area contributed by atoms with Crippen LogP contribution < -0.4 is 5.73 Å². The number of rotatable bonds is 2. The number of aromatic amines is 1. The van der Waals surface area contributed by atoms with E-state index in [1.54, 1.807) is 0 Å². The second-order valence-corrected chi connectivity index (χ2v) is 4.88. The van der Waals surface area contributed by atoms with Crippen LogP contribution in [0.4, 0.5) is 14.6 Å². The first-order chi connectivity index (χ1) is 10.0. The molecule has 0 fully saturated rings. The van der Waals surface area contributed by atoms with Crippen LogP contribution >= 0.6 is 0 Å². The van der Waals surface area contributed by atoms with Gasteiger partial charge in [-0.1, -0.05) is 29.8 Å². The van der Waals surface area contributed by atoms with Crippen molar-refractivity contribution in [1.82, 2.24) is 10.2 Å². The van der Waals surface area contributed by atoms with Crippen LogP contribution in [0.25, 0.3) is 22.4 Å². The summed E-state index contributed by atoms with van der Waals surface area (Å²) in [5, 5.41) is 6.79. The summed E-state index contributed by atoms with van der Waals surface area (Å²) >= 11 is 0. The molecule has 2 aromatic carbocycles. The Morgan fingerprint density at radius 2 is 1.57 bits per heavy atom. The Balaban J connectivity index is 2.19. The van der Waals surface area contributed by atoms with Crippen molar-refractivity contribution < 1.29 is 8.78 Å². The summed E-state index contributed by atoms with van der Waals surface area (Å²) in [5.74, 6) is -1.10. The second-order valence-electron chi connectivity index (χ2n) is 4.88. The minimum absolute atomic E-state index is 0.204. The standard InChI is InChI=1S/C16H13F2N3/c1-9-2-4-10(5-3-9)15-14(16(19)21-20-15)11-6-12(17)8-13(18)7-11/h2-8H,1H3,(H3,19,20,21). The van der Waals surface area contributed by atoms with Gasteiger partial charge in [-0.2, -0.15) is 5.10 Å². The molecule has 0 radical (unpaired) electrons. The van der Waals surface area contributed by atoms with E-state index in [1.165, 1.54) is 12.1 Å². The van der Waals surface area contributed by atoms with Crippen LogP contribution in [0.1, 0.15) is 5.56 Å². The van der Waals surface area contributed by atoms with E-state index >= 15 is 0 Å². The van der Waals surface area contributed by atoms with Gasteiger partial charge in [0, 0.05) is 11.6 Å². The van der Waals surface area contributed by atoms with E-state index in [1.807, 2.05) is 31.2 Å². The Bertz CT molecular complexity index is 772. The normalized spacial score (nSPS) is 10.8. The Morgan fingerprint density at radius 3 is 2.19 bits per heavy atom. The van der Waals surface area contributed by atoms with E-state index in [2.05, 4.69) is 10.2 Å². The number of H-pyrrole nitrogens is 1.